The number of piperazine rings is 1. The molecule has 79 heavy (non-hydrogen) atoms. The van der Waals surface area contributed by atoms with Crippen LogP contribution in [0.25, 0.3) is 33.4 Å². The quantitative estimate of drug-likeness (QED) is 0.137. The molecule has 3 aromatic heterocycles. The second-order valence-corrected chi connectivity index (χ2v) is 26.5. The number of aromatic nitrogens is 3. The number of methoxy groups -OCH3 is 1. The van der Waals surface area contributed by atoms with Crippen molar-refractivity contribution in [1.29, 1.82) is 0 Å². The highest BCUT2D eigenvalue weighted by molar-refractivity contribution is 7.10. The van der Waals surface area contributed by atoms with Gasteiger partial charge in [-0.15, -0.1) is 11.3 Å². The number of nitrogens with one attached hydrogen (secondary N) is 2. The molecule has 426 valence electrons. The first-order valence-corrected chi connectivity index (χ1v) is 30.4. The molecule has 3 unspecified atom stereocenters. The second-order valence-electron chi connectivity index (χ2n) is 25.5. The number of hydrazine groups is 1. The summed E-state index contributed by atoms with van der Waals surface area (Å²) in [5.41, 5.74) is 10.7. The van der Waals surface area contributed by atoms with Crippen LogP contribution < -0.4 is 15.6 Å². The third kappa shape index (κ3) is 10.6. The zero-order chi connectivity index (χ0) is 55.1. The van der Waals surface area contributed by atoms with E-state index in [4.69, 9.17) is 24.2 Å². The van der Waals surface area contributed by atoms with Gasteiger partial charge in [-0.1, -0.05) is 33.8 Å². The molecule has 6 saturated heterocycles. The lowest BCUT2D eigenvalue weighted by atomic mass is 9.84. The number of nitrogens with zero attached hydrogens (tertiary/aromatic N) is 9. The number of amides is 3. The largest absolute Gasteiger partial charge is 0.464 e. The van der Waals surface area contributed by atoms with Gasteiger partial charge in [0.2, 0.25) is 11.8 Å². The minimum atomic E-state index is -0.956. The third-order valence-corrected chi connectivity index (χ3v) is 19.9. The van der Waals surface area contributed by atoms with Gasteiger partial charge in [0.25, 0.3) is 5.91 Å². The zero-order valence-electron chi connectivity index (χ0n) is 47.8. The monoisotopic (exact) mass is 1100 g/mol. The van der Waals surface area contributed by atoms with Gasteiger partial charge in [0.1, 0.15) is 18.1 Å². The standard InChI is InChI=1S/C60H83N11O7S/c1-9-70-48-15-14-39-25-42(48)44(53(70)43-26-40(29-61-50(43)37(4)76-8)67-22-21-66-23-24-77-31-41(66)30-67)28-59(5,6)35-78-58(75)45-11-10-18-71(64-45)56(73)46(27-49-62-47(39)32-79-49)63-55(72)51(36(2)3)68-19-16-60(33-68)17-20-69(34-60)57(74)54-52(65(54)7)38-12-13-38/h14-15,25-26,29,32,36-38,41,45-46,51-52,54,64H,9-13,16-24,27-28,30-31,33-35H2,1-8H3,(H,63,72)/t37-,41-,45-,46-,51?,52?,54+,60-,65?/m0/s1. The maximum atomic E-state index is 15.0. The number of fused-ring (bicyclic) bond motifs is 7. The number of cyclic esters (lactones) is 1. The predicted molar refractivity (Wildman–Crippen MR) is 304 cm³/mol. The number of anilines is 1. The molecule has 18 nitrogen and oxygen atoms in total. The Kier molecular flexibility index (Phi) is 15.0. The topological polar surface area (TPSA) is 170 Å². The summed E-state index contributed by atoms with van der Waals surface area (Å²) in [5.74, 6) is -0.0244. The number of esters is 1. The molecule has 19 heteroatoms. The summed E-state index contributed by atoms with van der Waals surface area (Å²) < 4.78 is 20.7. The molecule has 10 heterocycles. The van der Waals surface area contributed by atoms with Crippen LogP contribution in [0.5, 0.6) is 0 Å². The number of aryl methyl sites for hydroxylation is 1. The number of carbonyl (C=O) groups is 4. The highest BCUT2D eigenvalue weighted by atomic mass is 32.1. The first-order valence-electron chi connectivity index (χ1n) is 29.5. The normalized spacial score (nSPS) is 29.5. The van der Waals surface area contributed by atoms with Gasteiger partial charge < -0.3 is 33.9 Å². The van der Waals surface area contributed by atoms with Gasteiger partial charge in [-0.25, -0.2) is 10.4 Å². The summed E-state index contributed by atoms with van der Waals surface area (Å²) in [4.78, 5) is 80.0. The van der Waals surface area contributed by atoms with Crippen LogP contribution in [0.3, 0.4) is 0 Å². The van der Waals surface area contributed by atoms with Crippen molar-refractivity contribution in [3.05, 3.63) is 52.1 Å². The number of thiazole rings is 1. The predicted octanol–water partition coefficient (Wildman–Crippen LogP) is 5.76. The fourth-order valence-corrected chi connectivity index (χ4v) is 15.3. The fraction of sp³-hybridized carbons (Fsp3) is 0.667. The van der Waals surface area contributed by atoms with E-state index in [2.05, 4.69) is 118 Å². The van der Waals surface area contributed by atoms with Gasteiger partial charge >= 0.3 is 5.97 Å². The fourth-order valence-electron chi connectivity index (χ4n) is 14.5. The zero-order valence-corrected chi connectivity index (χ0v) is 48.6. The second kappa shape index (κ2) is 21.7. The van der Waals surface area contributed by atoms with Gasteiger partial charge in [0, 0.05) is 117 Å². The third-order valence-electron chi connectivity index (χ3n) is 19.0. The number of ether oxygens (including phenoxy) is 3. The Morgan fingerprint density at radius 1 is 1.01 bits per heavy atom. The number of carbonyl (C=O) groups excluding carboxylic acids is 4. The van der Waals surface area contributed by atoms with Gasteiger partial charge in [0.15, 0.2) is 0 Å². The SMILES string of the molecule is CCn1c(-c2cc(N3CCN4CCOC[C@@H]4C3)cnc2[C@H](C)OC)c2c3cc(ccc31)-c1csc(n1)C[C@H](NC(=O)C(C(C)C)N1CC[C@]3(CCN(C(=O)[C@H]4C(C5CC5)N4C)C3)C1)C(=O)N1CCC[C@H](N1)C(=O)OCC(C)(C)C2. The molecule has 9 atom stereocenters. The Labute approximate surface area is 469 Å². The minimum absolute atomic E-state index is 0.0143. The average molecular weight is 1100 g/mol. The first kappa shape index (κ1) is 54.6. The molecule has 0 radical (unpaired) electrons. The summed E-state index contributed by atoms with van der Waals surface area (Å²) in [7, 11) is 3.82. The van der Waals surface area contributed by atoms with E-state index in [1.54, 1.807) is 7.11 Å². The highest BCUT2D eigenvalue weighted by Gasteiger charge is 2.59. The number of hydrogen-bond acceptors (Lipinski definition) is 15. The van der Waals surface area contributed by atoms with Gasteiger partial charge in [0.05, 0.1) is 72.0 Å². The van der Waals surface area contributed by atoms with Gasteiger partial charge in [-0.2, -0.15) is 0 Å². The molecule has 3 amide bonds. The van der Waals surface area contributed by atoms with E-state index >= 15 is 0 Å². The summed E-state index contributed by atoms with van der Waals surface area (Å²) in [6.45, 7) is 22.0. The minimum Gasteiger partial charge on any atom is -0.464 e. The molecule has 8 aliphatic rings. The van der Waals surface area contributed by atoms with Crippen LogP contribution in [0.4, 0.5) is 5.69 Å². The van der Waals surface area contributed by atoms with Crippen LogP contribution in [0.2, 0.25) is 0 Å². The summed E-state index contributed by atoms with van der Waals surface area (Å²) >= 11 is 1.49. The lowest BCUT2D eigenvalue weighted by molar-refractivity contribution is -0.155. The number of pyridine rings is 1. The Morgan fingerprint density at radius 2 is 1.84 bits per heavy atom. The van der Waals surface area contributed by atoms with Crippen molar-refractivity contribution in [1.82, 2.24) is 49.9 Å². The van der Waals surface area contributed by atoms with Crippen molar-refractivity contribution >= 4 is 51.6 Å². The Hall–Kier alpha value is -5.02. The number of rotatable bonds is 11. The first-order chi connectivity index (χ1) is 38.0. The van der Waals surface area contributed by atoms with Crippen molar-refractivity contribution in [2.45, 2.75) is 142 Å². The molecule has 7 aliphatic heterocycles. The van der Waals surface area contributed by atoms with Crippen LogP contribution in [-0.2, 0) is 52.8 Å². The Bertz CT molecular complexity index is 2970. The number of likely N-dealkylation sites (N-methyl/N-ethyl adjacent to an activating group) is 1. The smallest absolute Gasteiger partial charge is 0.324 e. The van der Waals surface area contributed by atoms with Crippen LogP contribution in [0.1, 0.15) is 102 Å². The molecule has 7 fully saturated rings. The van der Waals surface area contributed by atoms with Gasteiger partial charge in [-0.3, -0.25) is 43.9 Å². The number of benzene rings is 1. The van der Waals surface area contributed by atoms with Crippen LogP contribution in [0.15, 0.2) is 35.8 Å². The van der Waals surface area contributed by atoms with Gasteiger partial charge in [-0.05, 0) is 108 Å². The molecule has 4 aromatic rings. The lowest BCUT2D eigenvalue weighted by Crippen LogP contribution is -2.62. The van der Waals surface area contributed by atoms with E-state index in [0.29, 0.717) is 50.4 Å². The highest BCUT2D eigenvalue weighted by Crippen LogP contribution is 2.49. The average Bonchev–Trinajstić information content (AvgIpc) is 3.87. The van der Waals surface area contributed by atoms with E-state index in [1.807, 2.05) is 6.20 Å². The maximum Gasteiger partial charge on any atom is 0.324 e. The van der Waals surface area contributed by atoms with E-state index in [9.17, 15) is 19.2 Å². The number of morpholine rings is 1. The molecule has 6 bridgehead atoms. The van der Waals surface area contributed by atoms with E-state index < -0.39 is 29.5 Å². The molecular weight excluding hydrogens is 1020 g/mol. The van der Waals surface area contributed by atoms with Crippen molar-refractivity contribution in [3.8, 4) is 22.5 Å². The van der Waals surface area contributed by atoms with Crippen LogP contribution in [0, 0.1) is 22.7 Å². The van der Waals surface area contributed by atoms with E-state index in [-0.39, 0.29) is 54.2 Å². The summed E-state index contributed by atoms with van der Waals surface area (Å²) in [5, 5.41) is 8.66. The lowest BCUT2D eigenvalue weighted by Gasteiger charge is -2.44. The maximum absolute atomic E-state index is 15.0. The molecule has 1 aliphatic carbocycles. The summed E-state index contributed by atoms with van der Waals surface area (Å²) in [6.07, 6.45) is 7.87. The Morgan fingerprint density at radius 3 is 2.62 bits per heavy atom. The Balaban J connectivity index is 0.860. The summed E-state index contributed by atoms with van der Waals surface area (Å²) in [6, 6.07) is 7.44. The molecule has 2 N–H and O–H groups in total. The van der Waals surface area contributed by atoms with Crippen molar-refractivity contribution in [2.75, 3.05) is 97.8 Å². The van der Waals surface area contributed by atoms with Crippen molar-refractivity contribution in [2.24, 2.45) is 22.7 Å². The number of likely N-dealkylation sites (tertiary alicyclic amines) is 2. The van der Waals surface area contributed by atoms with E-state index in [0.717, 1.165) is 134 Å². The van der Waals surface area contributed by atoms with Crippen molar-refractivity contribution in [3.63, 3.8) is 0 Å². The van der Waals surface area contributed by atoms with Crippen LogP contribution in [-0.4, -0.2) is 192 Å². The molecule has 12 rings (SSSR count). The molecular formula is C60H83N11O7S. The van der Waals surface area contributed by atoms with E-state index in [1.165, 1.54) is 29.2 Å². The molecule has 1 aromatic carbocycles. The number of hydrogen-bond donors (Lipinski definition) is 2. The molecule has 1 spiro atoms. The van der Waals surface area contributed by atoms with Crippen LogP contribution >= 0.6 is 11.3 Å². The van der Waals surface area contributed by atoms with Crippen molar-refractivity contribution < 1.29 is 33.4 Å². The molecule has 1 saturated carbocycles.